The average Bonchev–Trinajstić information content (AvgIpc) is 1.37. The first-order valence-electron chi connectivity index (χ1n) is 1.05. The molecule has 22 valence electrons. The summed E-state index contributed by atoms with van der Waals surface area (Å²) in [6, 6.07) is 0. The molecule has 0 saturated carbocycles. The van der Waals surface area contributed by atoms with E-state index >= 15 is 0 Å². The molecule has 0 aromatic rings. The van der Waals surface area contributed by atoms with Gasteiger partial charge in [0.15, 0.2) is 0 Å². The van der Waals surface area contributed by atoms with Crippen molar-refractivity contribution in [3.8, 4) is 0 Å². The third-order valence-corrected chi connectivity index (χ3v) is 0.433. The highest BCUT2D eigenvalue weighted by Gasteiger charge is 1.45. The van der Waals surface area contributed by atoms with Gasteiger partial charge in [0.05, 0.1) is 6.30 Å². The van der Waals surface area contributed by atoms with Crippen molar-refractivity contribution in [3.05, 3.63) is 12.4 Å². The summed E-state index contributed by atoms with van der Waals surface area (Å²) in [5.41, 5.74) is 0. The van der Waals surface area contributed by atoms with Crippen LogP contribution in [0.4, 0.5) is 0 Å². The van der Waals surface area contributed by atoms with E-state index in [4.69, 9.17) is 0 Å². The van der Waals surface area contributed by atoms with E-state index in [1.807, 2.05) is 0 Å². The van der Waals surface area contributed by atoms with E-state index in [9.17, 15) is 0 Å². The molecule has 0 nitrogen and oxygen atoms in total. The van der Waals surface area contributed by atoms with Crippen LogP contribution in [0.15, 0.2) is 12.4 Å². The molecule has 0 aliphatic carbocycles. The van der Waals surface area contributed by atoms with Crippen LogP contribution in [0, 0.1) is 0 Å². The predicted molar refractivity (Wildman–Crippen MR) is 25.6 cm³/mol. The van der Waals surface area contributed by atoms with Gasteiger partial charge in [0.1, 0.15) is 14.0 Å². The summed E-state index contributed by atoms with van der Waals surface area (Å²) in [6.45, 7) is 3.43. The minimum Gasteiger partial charge on any atom is -0.0566 e. The molecular formula is C3H6P+. The SMILES string of the molecule is C=C[PH+]=C. The molecule has 1 heteroatoms. The molecule has 1 atom stereocenters. The zero-order valence-electron chi connectivity index (χ0n) is 2.49. The second-order valence-corrected chi connectivity index (χ2v) is 1.22. The monoisotopic (exact) mass is 73.0 g/mol. The number of hydrogen-bond donors (Lipinski definition) is 0. The van der Waals surface area contributed by atoms with Gasteiger partial charge >= 0.3 is 0 Å². The van der Waals surface area contributed by atoms with Crippen LogP contribution in [0.5, 0.6) is 0 Å². The molecule has 0 N–H and O–H groups in total. The van der Waals surface area contributed by atoms with Gasteiger partial charge in [0.25, 0.3) is 0 Å². The molecular weight excluding hydrogens is 67.0 g/mol. The molecule has 0 aliphatic rings. The van der Waals surface area contributed by atoms with E-state index in [0.29, 0.717) is 8.20 Å². The lowest BCUT2D eigenvalue weighted by molar-refractivity contribution is 2.67. The fraction of sp³-hybridized carbons (Fsp3) is 0. The van der Waals surface area contributed by atoms with E-state index in [1.54, 1.807) is 5.82 Å². The Morgan fingerprint density at radius 1 is 1.75 bits per heavy atom. The minimum atomic E-state index is 0.654. The summed E-state index contributed by atoms with van der Waals surface area (Å²) < 4.78 is 0. The van der Waals surface area contributed by atoms with Crippen LogP contribution in [0.25, 0.3) is 0 Å². The third kappa shape index (κ3) is 1.91. The Labute approximate surface area is 28.0 Å². The van der Waals surface area contributed by atoms with Crippen molar-refractivity contribution in [1.82, 2.24) is 0 Å². The van der Waals surface area contributed by atoms with Gasteiger partial charge in [0.2, 0.25) is 0 Å². The van der Waals surface area contributed by atoms with Crippen LogP contribution in [0.1, 0.15) is 0 Å². The molecule has 0 aliphatic heterocycles. The first-order valence-corrected chi connectivity index (χ1v) is 2.33. The molecule has 0 rings (SSSR count). The summed E-state index contributed by atoms with van der Waals surface area (Å²) >= 11 is 0. The maximum atomic E-state index is 3.51. The summed E-state index contributed by atoms with van der Waals surface area (Å²) in [4.78, 5) is 0. The Morgan fingerprint density at radius 2 is 2.00 bits per heavy atom. The molecule has 0 aromatic heterocycles. The lowest BCUT2D eigenvalue weighted by Crippen LogP contribution is -1.05. The maximum Gasteiger partial charge on any atom is 0.103 e. The van der Waals surface area contributed by atoms with Gasteiger partial charge in [-0.1, -0.05) is 6.58 Å². The normalized spacial score (nSPS) is 7.00. The van der Waals surface area contributed by atoms with Crippen molar-refractivity contribution < 1.29 is 0 Å². The topological polar surface area (TPSA) is 0 Å². The van der Waals surface area contributed by atoms with Crippen LogP contribution in [-0.2, 0) is 0 Å². The molecule has 0 amide bonds. The van der Waals surface area contributed by atoms with Crippen LogP contribution in [0.3, 0.4) is 0 Å². The Hall–Kier alpha value is -0.0900. The van der Waals surface area contributed by atoms with Crippen molar-refractivity contribution in [2.75, 3.05) is 0 Å². The summed E-state index contributed by atoms with van der Waals surface area (Å²) in [5.74, 6) is 1.79. The fourth-order valence-corrected chi connectivity index (χ4v) is 0. The highest BCUT2D eigenvalue weighted by atomic mass is 31.1. The lowest BCUT2D eigenvalue weighted by atomic mass is 11.3. The van der Waals surface area contributed by atoms with Crippen molar-refractivity contribution in [2.24, 2.45) is 0 Å². The van der Waals surface area contributed by atoms with Crippen molar-refractivity contribution in [3.63, 3.8) is 0 Å². The molecule has 0 fully saturated rings. The molecule has 0 heterocycles. The van der Waals surface area contributed by atoms with Gasteiger partial charge in [-0.3, -0.25) is 0 Å². The van der Waals surface area contributed by atoms with E-state index in [-0.39, 0.29) is 0 Å². The largest absolute Gasteiger partial charge is 0.103 e. The van der Waals surface area contributed by atoms with Crippen molar-refractivity contribution in [1.29, 1.82) is 0 Å². The third-order valence-electron chi connectivity index (χ3n) is 0.144. The van der Waals surface area contributed by atoms with Crippen molar-refractivity contribution in [2.45, 2.75) is 0 Å². The predicted octanol–water partition coefficient (Wildman–Crippen LogP) is 1.24. The number of rotatable bonds is 1. The summed E-state index contributed by atoms with van der Waals surface area (Å²) in [5, 5.41) is 0. The van der Waals surface area contributed by atoms with E-state index in [2.05, 4.69) is 12.9 Å². The van der Waals surface area contributed by atoms with Gasteiger partial charge < -0.3 is 0 Å². The van der Waals surface area contributed by atoms with Crippen LogP contribution in [-0.4, -0.2) is 6.30 Å². The smallest absolute Gasteiger partial charge is 0.0566 e. The van der Waals surface area contributed by atoms with Gasteiger partial charge in [-0.25, -0.2) is 0 Å². The van der Waals surface area contributed by atoms with Crippen LogP contribution in [0.2, 0.25) is 0 Å². The molecule has 4 heavy (non-hydrogen) atoms. The highest BCUT2D eigenvalue weighted by Crippen LogP contribution is 1.83. The zero-order valence-corrected chi connectivity index (χ0v) is 3.49. The second kappa shape index (κ2) is 2.91. The Kier molecular flexibility index (Phi) is 2.84. The van der Waals surface area contributed by atoms with Gasteiger partial charge in [0, 0.05) is 0 Å². The quantitative estimate of drug-likeness (QED) is 0.409. The summed E-state index contributed by atoms with van der Waals surface area (Å²) in [6.07, 6.45) is 3.51. The Balaban J connectivity index is 2.73. The molecule has 0 aromatic carbocycles. The average molecular weight is 73.1 g/mol. The van der Waals surface area contributed by atoms with E-state index in [0.717, 1.165) is 0 Å². The van der Waals surface area contributed by atoms with E-state index in [1.165, 1.54) is 0 Å². The first kappa shape index (κ1) is 3.91. The minimum absolute atomic E-state index is 0.654. The summed E-state index contributed by atoms with van der Waals surface area (Å²) in [7, 11) is 0.654. The Bertz CT molecular complexity index is 24.3. The molecule has 0 spiro atoms. The molecule has 1 unspecified atom stereocenters. The van der Waals surface area contributed by atoms with Crippen molar-refractivity contribution >= 4 is 14.5 Å². The van der Waals surface area contributed by atoms with E-state index < -0.39 is 0 Å². The molecule has 0 bridgehead atoms. The fourth-order valence-electron chi connectivity index (χ4n) is 0. The number of hydrogen-bond acceptors (Lipinski definition) is 0. The van der Waals surface area contributed by atoms with Gasteiger partial charge in [-0.05, 0) is 0 Å². The maximum absolute atomic E-state index is 3.51. The van der Waals surface area contributed by atoms with Crippen LogP contribution < -0.4 is 0 Å². The zero-order chi connectivity index (χ0) is 3.41. The lowest BCUT2D eigenvalue weighted by Gasteiger charge is -1.29. The molecule has 0 saturated heterocycles. The van der Waals surface area contributed by atoms with Crippen LogP contribution >= 0.6 is 8.20 Å². The van der Waals surface area contributed by atoms with Gasteiger partial charge in [-0.15, -0.1) is 0 Å². The standard InChI is InChI=1S/C3H5P/c1-3-4-2/h3H,1-2H2/p+1. The first-order chi connectivity index (χ1) is 1.91. The Morgan fingerprint density at radius 3 is 2.00 bits per heavy atom. The molecule has 0 radical (unpaired) electrons. The van der Waals surface area contributed by atoms with Gasteiger partial charge in [-0.2, -0.15) is 0 Å². The highest BCUT2D eigenvalue weighted by molar-refractivity contribution is 7.40. The second-order valence-electron chi connectivity index (χ2n) is 0.408.